The number of hydrogen-bond donors (Lipinski definition) is 0. The summed E-state index contributed by atoms with van der Waals surface area (Å²) < 4.78 is 0.398. The lowest BCUT2D eigenvalue weighted by Crippen LogP contribution is -2.15. The van der Waals surface area contributed by atoms with Gasteiger partial charge in [-0.1, -0.05) is 23.4 Å². The molecule has 0 aromatic heterocycles. The van der Waals surface area contributed by atoms with Crippen molar-refractivity contribution in [2.75, 3.05) is 0 Å². The third kappa shape index (κ3) is 2.93. The largest absolute Gasteiger partial charge is 0.365 e. The van der Waals surface area contributed by atoms with Gasteiger partial charge in [-0.05, 0) is 53.6 Å². The van der Waals surface area contributed by atoms with Gasteiger partial charge in [0.1, 0.15) is 5.71 Å². The van der Waals surface area contributed by atoms with Gasteiger partial charge in [0.2, 0.25) is 0 Å². The number of carbonyl (C=O) groups excluding carboxylic acids is 2. The lowest BCUT2D eigenvalue weighted by Gasteiger charge is -2.12. The number of oxime groups is 1. The van der Waals surface area contributed by atoms with E-state index in [9.17, 15) is 9.59 Å². The average Bonchev–Trinajstić information content (AvgIpc) is 2.48. The monoisotopic (exact) mass is 333 g/mol. The Morgan fingerprint density at radius 1 is 1.15 bits per heavy atom. The quantitative estimate of drug-likeness (QED) is 0.473. The van der Waals surface area contributed by atoms with Gasteiger partial charge in [0.05, 0.1) is 10.0 Å². The summed E-state index contributed by atoms with van der Waals surface area (Å²) in [6.07, 6.45) is 1.54. The van der Waals surface area contributed by atoms with E-state index in [0.717, 1.165) is 0 Å². The van der Waals surface area contributed by atoms with Crippen LogP contribution in [0.2, 0.25) is 0 Å². The molecule has 0 atom stereocenters. The minimum atomic E-state index is -0.537. The Morgan fingerprint density at radius 3 is 2.45 bits per heavy atom. The van der Waals surface area contributed by atoms with E-state index in [2.05, 4.69) is 21.1 Å². The maximum atomic E-state index is 11.8. The van der Waals surface area contributed by atoms with Gasteiger partial charge in [-0.15, -0.1) is 0 Å². The van der Waals surface area contributed by atoms with Gasteiger partial charge < -0.3 is 4.84 Å². The second-order valence-corrected chi connectivity index (χ2v) is 5.15. The number of benzene rings is 1. The first-order chi connectivity index (χ1) is 9.50. The van der Waals surface area contributed by atoms with E-state index in [1.165, 1.54) is 0 Å². The Hall–Kier alpha value is -2.01. The zero-order valence-electron chi connectivity index (χ0n) is 11.0. The van der Waals surface area contributed by atoms with Crippen LogP contribution in [0.5, 0.6) is 0 Å². The average molecular weight is 334 g/mol. The van der Waals surface area contributed by atoms with Crippen molar-refractivity contribution in [2.24, 2.45) is 5.16 Å². The molecule has 0 bridgehead atoms. The third-order valence-corrected chi connectivity index (χ3v) is 3.59. The highest BCUT2D eigenvalue weighted by Gasteiger charge is 2.21. The molecule has 1 aromatic carbocycles. The molecule has 20 heavy (non-hydrogen) atoms. The molecule has 0 unspecified atom stereocenters. The number of ketones is 1. The van der Waals surface area contributed by atoms with Crippen LogP contribution in [0.25, 0.3) is 0 Å². The van der Waals surface area contributed by atoms with Crippen LogP contribution in [0.4, 0.5) is 0 Å². The van der Waals surface area contributed by atoms with E-state index >= 15 is 0 Å². The minimum absolute atomic E-state index is 0.0872. The molecule has 4 nitrogen and oxygen atoms in total. The summed E-state index contributed by atoms with van der Waals surface area (Å²) in [6, 6.07) is 8.59. The summed E-state index contributed by atoms with van der Waals surface area (Å²) in [7, 11) is 0. The molecule has 0 spiro atoms. The highest BCUT2D eigenvalue weighted by atomic mass is 79.9. The Kier molecular flexibility index (Phi) is 4.29. The summed E-state index contributed by atoms with van der Waals surface area (Å²) in [5.41, 5.74) is 2.15. The molecule has 0 saturated carbocycles. The number of carbonyl (C=O) groups is 2. The van der Waals surface area contributed by atoms with Crippen molar-refractivity contribution in [1.82, 2.24) is 0 Å². The molecule has 0 amide bonds. The molecule has 0 saturated heterocycles. The number of allylic oxidation sites excluding steroid dienone is 4. The van der Waals surface area contributed by atoms with Crippen molar-refractivity contribution in [2.45, 2.75) is 13.8 Å². The molecular formula is C15H12BrNO3. The second-order valence-electron chi connectivity index (χ2n) is 4.29. The van der Waals surface area contributed by atoms with E-state index in [0.29, 0.717) is 26.9 Å². The van der Waals surface area contributed by atoms with Crippen molar-refractivity contribution in [3.63, 3.8) is 0 Å². The highest BCUT2D eigenvalue weighted by molar-refractivity contribution is 9.12. The lowest BCUT2D eigenvalue weighted by atomic mass is 9.97. The molecule has 0 radical (unpaired) electrons. The van der Waals surface area contributed by atoms with Crippen molar-refractivity contribution >= 4 is 33.4 Å². The number of rotatable bonds is 2. The van der Waals surface area contributed by atoms with E-state index in [4.69, 9.17) is 4.84 Å². The van der Waals surface area contributed by atoms with Gasteiger partial charge in [-0.2, -0.15) is 0 Å². The van der Waals surface area contributed by atoms with Crippen LogP contribution in [0.3, 0.4) is 0 Å². The zero-order valence-corrected chi connectivity index (χ0v) is 12.6. The molecule has 1 aliphatic rings. The van der Waals surface area contributed by atoms with Crippen LogP contribution in [0.15, 0.2) is 57.2 Å². The van der Waals surface area contributed by atoms with E-state index in [-0.39, 0.29) is 5.78 Å². The van der Waals surface area contributed by atoms with Gasteiger partial charge in [-0.3, -0.25) is 4.79 Å². The Balaban J connectivity index is 2.20. The molecule has 1 aromatic rings. The highest BCUT2D eigenvalue weighted by Crippen LogP contribution is 2.23. The zero-order chi connectivity index (χ0) is 14.7. The first kappa shape index (κ1) is 14.4. The first-order valence-corrected chi connectivity index (χ1v) is 6.74. The van der Waals surface area contributed by atoms with Crippen LogP contribution in [-0.4, -0.2) is 17.5 Å². The van der Waals surface area contributed by atoms with Crippen LogP contribution in [0, 0.1) is 0 Å². The molecule has 102 valence electrons. The predicted molar refractivity (Wildman–Crippen MR) is 79.7 cm³/mol. The predicted octanol–water partition coefficient (Wildman–Crippen LogP) is 3.40. The molecule has 1 aliphatic carbocycles. The van der Waals surface area contributed by atoms with Gasteiger partial charge in [-0.25, -0.2) is 4.79 Å². The Morgan fingerprint density at radius 2 is 1.80 bits per heavy atom. The Labute approximate surface area is 124 Å². The summed E-state index contributed by atoms with van der Waals surface area (Å²) in [4.78, 5) is 28.4. The summed E-state index contributed by atoms with van der Waals surface area (Å²) in [5, 5.41) is 3.83. The van der Waals surface area contributed by atoms with Gasteiger partial charge in [0.25, 0.3) is 0 Å². The van der Waals surface area contributed by atoms with Gasteiger partial charge in [0, 0.05) is 5.57 Å². The van der Waals surface area contributed by atoms with Crippen molar-refractivity contribution < 1.29 is 14.4 Å². The molecule has 0 N–H and O–H groups in total. The summed E-state index contributed by atoms with van der Waals surface area (Å²) in [5.74, 6) is -0.624. The fraction of sp³-hybridized carbons (Fsp3) is 0.133. The van der Waals surface area contributed by atoms with Crippen LogP contribution >= 0.6 is 15.9 Å². The molecule has 0 heterocycles. The van der Waals surface area contributed by atoms with Crippen LogP contribution in [0.1, 0.15) is 24.2 Å². The second kappa shape index (κ2) is 5.96. The van der Waals surface area contributed by atoms with Crippen molar-refractivity contribution in [3.05, 3.63) is 57.6 Å². The normalized spacial score (nSPS) is 17.2. The van der Waals surface area contributed by atoms with Crippen molar-refractivity contribution in [1.29, 1.82) is 0 Å². The third-order valence-electron chi connectivity index (χ3n) is 3.00. The molecule has 0 fully saturated rings. The van der Waals surface area contributed by atoms with Gasteiger partial charge >= 0.3 is 5.97 Å². The van der Waals surface area contributed by atoms with E-state index in [1.807, 2.05) is 6.07 Å². The fourth-order valence-electron chi connectivity index (χ4n) is 1.65. The smallest absolute Gasteiger partial charge is 0.312 e. The Bertz CT molecular complexity index is 657. The van der Waals surface area contributed by atoms with Gasteiger partial charge in [0.15, 0.2) is 5.78 Å². The fourth-order valence-corrected chi connectivity index (χ4v) is 2.16. The SMILES string of the molecule is CC1=C(C)C(=NOC(=O)c2ccccc2)C=C(Br)C1=O. The number of Topliss-reactive ketones (excluding diaryl/α,β-unsaturated/α-hetero) is 1. The molecule has 0 aliphatic heterocycles. The number of halogens is 1. The molecule has 5 heteroatoms. The molecular weight excluding hydrogens is 322 g/mol. The number of nitrogens with zero attached hydrogens (tertiary/aromatic N) is 1. The minimum Gasteiger partial charge on any atom is -0.312 e. The topological polar surface area (TPSA) is 55.7 Å². The van der Waals surface area contributed by atoms with Crippen LogP contribution in [-0.2, 0) is 9.63 Å². The number of hydrogen-bond acceptors (Lipinski definition) is 4. The summed E-state index contributed by atoms with van der Waals surface area (Å²) in [6.45, 7) is 3.47. The van der Waals surface area contributed by atoms with E-state index in [1.54, 1.807) is 44.2 Å². The van der Waals surface area contributed by atoms with Crippen molar-refractivity contribution in [3.8, 4) is 0 Å². The maximum Gasteiger partial charge on any atom is 0.365 e. The molecule has 2 rings (SSSR count). The summed E-state index contributed by atoms with van der Waals surface area (Å²) >= 11 is 3.17. The lowest BCUT2D eigenvalue weighted by molar-refractivity contribution is -0.111. The van der Waals surface area contributed by atoms with E-state index < -0.39 is 5.97 Å². The first-order valence-electron chi connectivity index (χ1n) is 5.95. The van der Waals surface area contributed by atoms with Crippen LogP contribution < -0.4 is 0 Å². The standard InChI is InChI=1S/C15H12BrNO3/c1-9-10(2)14(18)12(16)8-13(9)17-20-15(19)11-6-4-3-5-7-11/h3-8H,1-2H3. The maximum absolute atomic E-state index is 11.8.